The Bertz CT molecular complexity index is 705. The lowest BCUT2D eigenvalue weighted by Crippen LogP contribution is -1.93. The summed E-state index contributed by atoms with van der Waals surface area (Å²) in [6.07, 6.45) is 0. The molecule has 3 aromatic rings. The van der Waals surface area contributed by atoms with Gasteiger partial charge < -0.3 is 5.73 Å². The second-order valence-corrected chi connectivity index (χ2v) is 5.11. The van der Waals surface area contributed by atoms with Gasteiger partial charge in [-0.05, 0) is 18.2 Å². The average Bonchev–Trinajstić information content (AvgIpc) is 2.78. The van der Waals surface area contributed by atoms with E-state index in [2.05, 4.69) is 15.3 Å². The third-order valence-corrected chi connectivity index (χ3v) is 3.45. The van der Waals surface area contributed by atoms with Crippen molar-refractivity contribution in [2.24, 2.45) is 0 Å². The van der Waals surface area contributed by atoms with Crippen LogP contribution in [-0.4, -0.2) is 19.8 Å². The molecule has 8 heteroatoms. The SMILES string of the molecule is Nc1nn2c(-c3ccc(Cl)cc3Cl)nnc2s1. The number of hydrogen-bond acceptors (Lipinski definition) is 5. The molecule has 0 atom stereocenters. The van der Waals surface area contributed by atoms with Crippen molar-refractivity contribution >= 4 is 44.6 Å². The molecule has 5 nitrogen and oxygen atoms in total. The molecule has 2 heterocycles. The van der Waals surface area contributed by atoms with Gasteiger partial charge in [-0.3, -0.25) is 0 Å². The first-order valence-corrected chi connectivity index (χ1v) is 6.15. The molecule has 0 saturated heterocycles. The molecule has 1 aromatic carbocycles. The fraction of sp³-hybridized carbons (Fsp3) is 0. The molecule has 3 rings (SSSR count). The molecule has 0 saturated carbocycles. The van der Waals surface area contributed by atoms with Gasteiger partial charge in [0, 0.05) is 10.6 Å². The lowest BCUT2D eigenvalue weighted by molar-refractivity contribution is 0.973. The number of nitrogen functional groups attached to an aromatic ring is 1. The van der Waals surface area contributed by atoms with Crippen LogP contribution < -0.4 is 5.73 Å². The molecular formula is C9H5Cl2N5S. The van der Waals surface area contributed by atoms with Crippen molar-refractivity contribution in [3.8, 4) is 11.4 Å². The summed E-state index contributed by atoms with van der Waals surface area (Å²) in [6, 6.07) is 5.16. The van der Waals surface area contributed by atoms with Crippen molar-refractivity contribution in [2.75, 3.05) is 5.73 Å². The number of rotatable bonds is 1. The number of hydrogen-bond donors (Lipinski definition) is 1. The molecule has 0 spiro atoms. The van der Waals surface area contributed by atoms with E-state index in [-0.39, 0.29) is 0 Å². The number of nitrogens with two attached hydrogens (primary N) is 1. The number of benzene rings is 1. The molecule has 0 unspecified atom stereocenters. The van der Waals surface area contributed by atoms with Gasteiger partial charge in [0.2, 0.25) is 10.1 Å². The normalized spacial score (nSPS) is 11.2. The van der Waals surface area contributed by atoms with Crippen LogP contribution in [0.3, 0.4) is 0 Å². The van der Waals surface area contributed by atoms with Gasteiger partial charge in [-0.15, -0.1) is 15.3 Å². The third kappa shape index (κ3) is 1.74. The monoisotopic (exact) mass is 285 g/mol. The summed E-state index contributed by atoms with van der Waals surface area (Å²) in [5.41, 5.74) is 6.33. The molecule has 0 aliphatic rings. The topological polar surface area (TPSA) is 69.1 Å². The maximum atomic E-state index is 6.11. The zero-order chi connectivity index (χ0) is 12.0. The van der Waals surface area contributed by atoms with E-state index in [9.17, 15) is 0 Å². The Labute approximate surface area is 110 Å². The van der Waals surface area contributed by atoms with Crippen LogP contribution >= 0.6 is 34.5 Å². The summed E-state index contributed by atoms with van der Waals surface area (Å²) >= 11 is 13.2. The minimum atomic E-state index is 0.432. The first-order valence-electron chi connectivity index (χ1n) is 4.58. The van der Waals surface area contributed by atoms with Gasteiger partial charge in [0.1, 0.15) is 0 Å². The van der Waals surface area contributed by atoms with E-state index >= 15 is 0 Å². The van der Waals surface area contributed by atoms with Crippen LogP contribution in [0.4, 0.5) is 5.13 Å². The van der Waals surface area contributed by atoms with E-state index < -0.39 is 0 Å². The minimum Gasteiger partial charge on any atom is -0.374 e. The fourth-order valence-corrected chi connectivity index (χ4v) is 2.57. The van der Waals surface area contributed by atoms with E-state index in [1.807, 2.05) is 0 Å². The summed E-state index contributed by atoms with van der Waals surface area (Å²) in [5, 5.41) is 13.6. The summed E-state index contributed by atoms with van der Waals surface area (Å²) in [5.74, 6) is 0.551. The number of aromatic nitrogens is 4. The Balaban J connectivity index is 2.26. The van der Waals surface area contributed by atoms with Crippen LogP contribution in [0.5, 0.6) is 0 Å². The zero-order valence-corrected chi connectivity index (χ0v) is 10.6. The highest BCUT2D eigenvalue weighted by molar-refractivity contribution is 7.20. The highest BCUT2D eigenvalue weighted by atomic mass is 35.5. The maximum Gasteiger partial charge on any atom is 0.236 e. The van der Waals surface area contributed by atoms with Gasteiger partial charge in [0.25, 0.3) is 0 Å². The molecule has 0 radical (unpaired) electrons. The molecule has 0 amide bonds. The van der Waals surface area contributed by atoms with Crippen molar-refractivity contribution in [1.29, 1.82) is 0 Å². The Morgan fingerprint density at radius 3 is 2.82 bits per heavy atom. The van der Waals surface area contributed by atoms with Gasteiger partial charge in [0.15, 0.2) is 5.82 Å². The highest BCUT2D eigenvalue weighted by Gasteiger charge is 2.14. The summed E-state index contributed by atoms with van der Waals surface area (Å²) in [4.78, 5) is 0.628. The van der Waals surface area contributed by atoms with Gasteiger partial charge in [-0.1, -0.05) is 34.5 Å². The molecule has 2 aromatic heterocycles. The minimum absolute atomic E-state index is 0.432. The van der Waals surface area contributed by atoms with E-state index in [4.69, 9.17) is 28.9 Å². The lowest BCUT2D eigenvalue weighted by Gasteiger charge is -2.00. The number of anilines is 1. The lowest BCUT2D eigenvalue weighted by atomic mass is 10.2. The molecule has 17 heavy (non-hydrogen) atoms. The van der Waals surface area contributed by atoms with Crippen LogP contribution in [0.1, 0.15) is 0 Å². The predicted octanol–water partition coefficient (Wildman–Crippen LogP) is 2.74. The second-order valence-electron chi connectivity index (χ2n) is 3.28. The Morgan fingerprint density at radius 1 is 1.24 bits per heavy atom. The van der Waals surface area contributed by atoms with Crippen molar-refractivity contribution in [3.05, 3.63) is 28.2 Å². The third-order valence-electron chi connectivity index (χ3n) is 2.18. The largest absolute Gasteiger partial charge is 0.374 e. The van der Waals surface area contributed by atoms with Crippen molar-refractivity contribution in [3.63, 3.8) is 0 Å². The maximum absolute atomic E-state index is 6.11. The smallest absolute Gasteiger partial charge is 0.236 e. The number of nitrogens with zero attached hydrogens (tertiary/aromatic N) is 4. The van der Waals surface area contributed by atoms with Gasteiger partial charge in [-0.25, -0.2) is 0 Å². The summed E-state index contributed by atoms with van der Waals surface area (Å²) in [6.45, 7) is 0. The van der Waals surface area contributed by atoms with Crippen molar-refractivity contribution < 1.29 is 0 Å². The van der Waals surface area contributed by atoms with E-state index in [1.54, 1.807) is 22.7 Å². The highest BCUT2D eigenvalue weighted by Crippen LogP contribution is 2.30. The van der Waals surface area contributed by atoms with Crippen molar-refractivity contribution in [2.45, 2.75) is 0 Å². The Morgan fingerprint density at radius 2 is 2.06 bits per heavy atom. The van der Waals surface area contributed by atoms with Crippen LogP contribution in [0, 0.1) is 0 Å². The molecule has 0 fully saturated rings. The Hall–Kier alpha value is -1.37. The number of fused-ring (bicyclic) bond motifs is 1. The molecule has 0 bridgehead atoms. The predicted molar refractivity (Wildman–Crippen MR) is 68.5 cm³/mol. The van der Waals surface area contributed by atoms with Crippen LogP contribution in [0.15, 0.2) is 18.2 Å². The van der Waals surface area contributed by atoms with Gasteiger partial charge >= 0.3 is 0 Å². The Kier molecular flexibility index (Phi) is 2.43. The molecular weight excluding hydrogens is 281 g/mol. The zero-order valence-electron chi connectivity index (χ0n) is 8.26. The molecule has 2 N–H and O–H groups in total. The first kappa shape index (κ1) is 10.8. The van der Waals surface area contributed by atoms with Crippen LogP contribution in [0.2, 0.25) is 10.0 Å². The summed E-state index contributed by atoms with van der Waals surface area (Å²) in [7, 11) is 0. The van der Waals surface area contributed by atoms with Crippen LogP contribution in [0.25, 0.3) is 16.3 Å². The van der Waals surface area contributed by atoms with Crippen LogP contribution in [-0.2, 0) is 0 Å². The quantitative estimate of drug-likeness (QED) is 0.746. The van der Waals surface area contributed by atoms with E-state index in [0.29, 0.717) is 31.5 Å². The first-order chi connectivity index (χ1) is 8.15. The second kappa shape index (κ2) is 3.83. The van der Waals surface area contributed by atoms with Crippen molar-refractivity contribution in [1.82, 2.24) is 19.8 Å². The number of halogens is 2. The average molecular weight is 286 g/mol. The standard InChI is InChI=1S/C9H5Cl2N5S/c10-4-1-2-5(6(11)3-4)7-13-14-9-16(7)15-8(12)17-9/h1-3H,(H2,12,15). The molecule has 0 aliphatic heterocycles. The fourth-order valence-electron chi connectivity index (χ4n) is 1.47. The molecule has 86 valence electrons. The summed E-state index contributed by atoms with van der Waals surface area (Å²) < 4.78 is 1.56. The van der Waals surface area contributed by atoms with E-state index in [1.165, 1.54) is 11.3 Å². The van der Waals surface area contributed by atoms with Gasteiger partial charge in [-0.2, -0.15) is 4.52 Å². The van der Waals surface area contributed by atoms with Gasteiger partial charge in [0.05, 0.1) is 5.02 Å². The molecule has 0 aliphatic carbocycles. The van der Waals surface area contributed by atoms with E-state index in [0.717, 1.165) is 0 Å².